The highest BCUT2D eigenvalue weighted by Gasteiger charge is 2.27. The van der Waals surface area contributed by atoms with E-state index in [-0.39, 0.29) is 11.8 Å². The van der Waals surface area contributed by atoms with Gasteiger partial charge >= 0.3 is 0 Å². The summed E-state index contributed by atoms with van der Waals surface area (Å²) in [6, 6.07) is 8.08. The largest absolute Gasteiger partial charge is 0.342 e. The van der Waals surface area contributed by atoms with E-state index >= 15 is 0 Å². The summed E-state index contributed by atoms with van der Waals surface area (Å²) < 4.78 is 1.83. The van der Waals surface area contributed by atoms with Gasteiger partial charge < -0.3 is 9.88 Å². The van der Waals surface area contributed by atoms with Crippen molar-refractivity contribution in [2.75, 3.05) is 13.1 Å². The smallest absolute Gasteiger partial charge is 0.244 e. The number of nitrogens with zero attached hydrogens (tertiary/aromatic N) is 4. The van der Waals surface area contributed by atoms with Crippen LogP contribution in [0.2, 0.25) is 0 Å². The zero-order valence-corrected chi connectivity index (χ0v) is 15.6. The molecule has 0 aliphatic carbocycles. The van der Waals surface area contributed by atoms with E-state index in [2.05, 4.69) is 17.0 Å². The van der Waals surface area contributed by atoms with Crippen LogP contribution in [-0.2, 0) is 11.3 Å². The second kappa shape index (κ2) is 6.59. The summed E-state index contributed by atoms with van der Waals surface area (Å²) in [5.41, 5.74) is 5.28. The molecule has 6 nitrogen and oxygen atoms in total. The van der Waals surface area contributed by atoms with Crippen LogP contribution < -0.4 is 0 Å². The van der Waals surface area contributed by atoms with E-state index in [4.69, 9.17) is 4.98 Å². The van der Waals surface area contributed by atoms with Gasteiger partial charge in [0.2, 0.25) is 5.91 Å². The Hall–Kier alpha value is -2.63. The molecule has 1 amide bonds. The van der Waals surface area contributed by atoms with Crippen LogP contribution in [0.3, 0.4) is 0 Å². The van der Waals surface area contributed by atoms with Crippen molar-refractivity contribution >= 4 is 16.9 Å². The highest BCUT2D eigenvalue weighted by atomic mass is 16.2. The molecule has 0 bridgehead atoms. The predicted molar refractivity (Wildman–Crippen MR) is 101 cm³/mol. The fourth-order valence-electron chi connectivity index (χ4n) is 3.76. The molecule has 1 N–H and O–H groups in total. The van der Waals surface area contributed by atoms with Crippen LogP contribution in [0.15, 0.2) is 24.3 Å². The number of H-pyrrole nitrogens is 1. The van der Waals surface area contributed by atoms with Gasteiger partial charge in [-0.05, 0) is 51.3 Å². The maximum Gasteiger partial charge on any atom is 0.244 e. The molecule has 1 aliphatic heterocycles. The highest BCUT2D eigenvalue weighted by molar-refractivity contribution is 5.77. The number of imidazole rings is 1. The highest BCUT2D eigenvalue weighted by Crippen LogP contribution is 2.27. The van der Waals surface area contributed by atoms with Gasteiger partial charge in [-0.2, -0.15) is 5.10 Å². The molecule has 1 atom stereocenters. The summed E-state index contributed by atoms with van der Waals surface area (Å²) in [5.74, 6) is 1.39. The molecule has 0 unspecified atom stereocenters. The van der Waals surface area contributed by atoms with Gasteiger partial charge in [-0.25, -0.2) is 4.98 Å². The molecule has 0 spiro atoms. The van der Waals surface area contributed by atoms with Crippen LogP contribution in [0.4, 0.5) is 0 Å². The number of carbonyl (C=O) groups is 1. The van der Waals surface area contributed by atoms with Gasteiger partial charge in [-0.15, -0.1) is 0 Å². The second-order valence-electron chi connectivity index (χ2n) is 7.27. The van der Waals surface area contributed by atoms with Gasteiger partial charge in [-0.1, -0.05) is 12.1 Å². The normalized spacial score (nSPS) is 17.8. The summed E-state index contributed by atoms with van der Waals surface area (Å²) in [5, 5.41) is 4.50. The first kappa shape index (κ1) is 16.8. The SMILES string of the molecule is Cc1nn(CC(=O)N2CCC[C@H](c3nc4ccccc4[nH]3)C2)c(C)c1C. The first-order chi connectivity index (χ1) is 12.5. The first-order valence-corrected chi connectivity index (χ1v) is 9.26. The number of fused-ring (bicyclic) bond motifs is 1. The zero-order valence-electron chi connectivity index (χ0n) is 15.6. The second-order valence-corrected chi connectivity index (χ2v) is 7.27. The molecule has 0 radical (unpaired) electrons. The van der Waals surface area contributed by atoms with Gasteiger partial charge in [0.1, 0.15) is 12.4 Å². The number of rotatable bonds is 3. The molecule has 0 saturated carbocycles. The molecule has 6 heteroatoms. The predicted octanol–water partition coefficient (Wildman–Crippen LogP) is 3.09. The minimum absolute atomic E-state index is 0.136. The minimum Gasteiger partial charge on any atom is -0.342 e. The number of aryl methyl sites for hydroxylation is 1. The lowest BCUT2D eigenvalue weighted by Crippen LogP contribution is -2.41. The third-order valence-corrected chi connectivity index (χ3v) is 5.60. The number of benzene rings is 1. The molecule has 1 saturated heterocycles. The van der Waals surface area contributed by atoms with Crippen LogP contribution in [0.5, 0.6) is 0 Å². The Morgan fingerprint density at radius 3 is 2.81 bits per heavy atom. The minimum atomic E-state index is 0.136. The average molecular weight is 351 g/mol. The fourth-order valence-corrected chi connectivity index (χ4v) is 3.76. The van der Waals surface area contributed by atoms with Crippen LogP contribution in [0.1, 0.15) is 41.5 Å². The molecular weight excluding hydrogens is 326 g/mol. The van der Waals surface area contributed by atoms with Crippen molar-refractivity contribution in [3.8, 4) is 0 Å². The van der Waals surface area contributed by atoms with Crippen LogP contribution >= 0.6 is 0 Å². The van der Waals surface area contributed by atoms with Gasteiger partial charge in [0.25, 0.3) is 0 Å². The topological polar surface area (TPSA) is 66.8 Å². The molecule has 1 fully saturated rings. The third-order valence-electron chi connectivity index (χ3n) is 5.60. The number of piperidine rings is 1. The summed E-state index contributed by atoms with van der Waals surface area (Å²) >= 11 is 0. The number of hydrogen-bond acceptors (Lipinski definition) is 3. The van der Waals surface area contributed by atoms with Gasteiger partial charge in [0.15, 0.2) is 0 Å². The van der Waals surface area contributed by atoms with Crippen molar-refractivity contribution in [1.29, 1.82) is 0 Å². The lowest BCUT2D eigenvalue weighted by Gasteiger charge is -2.32. The standard InChI is InChI=1S/C20H25N5O/c1-13-14(2)23-25(15(13)3)12-19(26)24-10-6-7-16(11-24)20-21-17-8-4-5-9-18(17)22-20/h4-5,8-9,16H,6-7,10-12H2,1-3H3,(H,21,22)/t16-/m0/s1. The Kier molecular flexibility index (Phi) is 4.26. The van der Waals surface area contributed by atoms with E-state index in [1.54, 1.807) is 0 Å². The van der Waals surface area contributed by atoms with E-state index in [1.807, 2.05) is 47.7 Å². The quantitative estimate of drug-likeness (QED) is 0.788. The van der Waals surface area contributed by atoms with E-state index in [0.29, 0.717) is 6.54 Å². The Bertz CT molecular complexity index is 921. The number of carbonyl (C=O) groups excluding carboxylic acids is 1. The number of amides is 1. The maximum atomic E-state index is 12.8. The summed E-state index contributed by atoms with van der Waals surface area (Å²) in [4.78, 5) is 22.9. The van der Waals surface area contributed by atoms with Crippen molar-refractivity contribution in [2.24, 2.45) is 0 Å². The van der Waals surface area contributed by atoms with Crippen LogP contribution in [-0.4, -0.2) is 43.6 Å². The van der Waals surface area contributed by atoms with Crippen molar-refractivity contribution in [1.82, 2.24) is 24.6 Å². The van der Waals surface area contributed by atoms with E-state index in [0.717, 1.165) is 59.7 Å². The molecular formula is C20H25N5O. The van der Waals surface area contributed by atoms with E-state index in [1.165, 1.54) is 0 Å². The molecule has 2 aromatic heterocycles. The van der Waals surface area contributed by atoms with E-state index < -0.39 is 0 Å². The molecule has 3 heterocycles. The Balaban J connectivity index is 1.49. The van der Waals surface area contributed by atoms with Gasteiger partial charge in [0, 0.05) is 24.7 Å². The summed E-state index contributed by atoms with van der Waals surface area (Å²) in [7, 11) is 0. The monoisotopic (exact) mass is 351 g/mol. The fraction of sp³-hybridized carbons (Fsp3) is 0.450. The number of nitrogens with one attached hydrogen (secondary N) is 1. The lowest BCUT2D eigenvalue weighted by atomic mass is 9.97. The lowest BCUT2D eigenvalue weighted by molar-refractivity contribution is -0.133. The van der Waals surface area contributed by atoms with Crippen molar-refractivity contribution in [3.63, 3.8) is 0 Å². The molecule has 1 aliphatic rings. The number of hydrogen-bond donors (Lipinski definition) is 1. The third kappa shape index (κ3) is 3.00. The summed E-state index contributed by atoms with van der Waals surface area (Å²) in [6.07, 6.45) is 2.06. The van der Waals surface area contributed by atoms with Crippen LogP contribution in [0.25, 0.3) is 11.0 Å². The molecule has 1 aromatic carbocycles. The molecule has 4 rings (SSSR count). The Labute approximate surface area is 153 Å². The zero-order chi connectivity index (χ0) is 18.3. The van der Waals surface area contributed by atoms with Crippen molar-refractivity contribution < 1.29 is 4.79 Å². The van der Waals surface area contributed by atoms with Crippen molar-refractivity contribution in [3.05, 3.63) is 47.0 Å². The Morgan fingerprint density at radius 1 is 1.27 bits per heavy atom. The van der Waals surface area contributed by atoms with Crippen molar-refractivity contribution in [2.45, 2.75) is 46.1 Å². The number of likely N-dealkylation sites (tertiary alicyclic amines) is 1. The number of aromatic amines is 1. The van der Waals surface area contributed by atoms with Gasteiger partial charge in [0.05, 0.1) is 16.7 Å². The Morgan fingerprint density at radius 2 is 2.08 bits per heavy atom. The first-order valence-electron chi connectivity index (χ1n) is 9.26. The molecule has 3 aromatic rings. The maximum absolute atomic E-state index is 12.8. The number of aromatic nitrogens is 4. The van der Waals surface area contributed by atoms with Crippen LogP contribution in [0, 0.1) is 20.8 Å². The number of para-hydroxylation sites is 2. The average Bonchev–Trinajstić information content (AvgIpc) is 3.19. The van der Waals surface area contributed by atoms with E-state index in [9.17, 15) is 4.79 Å². The molecule has 136 valence electrons. The molecule has 26 heavy (non-hydrogen) atoms. The summed E-state index contributed by atoms with van der Waals surface area (Å²) in [6.45, 7) is 7.91. The van der Waals surface area contributed by atoms with Gasteiger partial charge in [-0.3, -0.25) is 9.48 Å².